The third kappa shape index (κ3) is 4.60. The number of carbonyl (C=O) groups is 1. The van der Waals surface area contributed by atoms with Gasteiger partial charge in [-0.15, -0.1) is 0 Å². The molecule has 1 aromatic heterocycles. The Morgan fingerprint density at radius 1 is 1.53 bits per heavy atom. The molecule has 7 nitrogen and oxygen atoms in total. The zero-order chi connectivity index (χ0) is 13.7. The van der Waals surface area contributed by atoms with E-state index in [1.165, 1.54) is 0 Å². The summed E-state index contributed by atoms with van der Waals surface area (Å²) in [6, 6.07) is 0. The first-order valence-corrected chi connectivity index (χ1v) is 6.48. The third-order valence-electron chi connectivity index (χ3n) is 3.14. The van der Waals surface area contributed by atoms with Crippen molar-refractivity contribution in [1.82, 2.24) is 15.0 Å². The average Bonchev–Trinajstić information content (AvgIpc) is 2.77. The quantitative estimate of drug-likeness (QED) is 0.818. The Kier molecular flexibility index (Phi) is 4.86. The summed E-state index contributed by atoms with van der Waals surface area (Å²) in [7, 11) is 0. The average molecular weight is 269 g/mol. The van der Waals surface area contributed by atoms with Gasteiger partial charge in [-0.1, -0.05) is 5.16 Å². The van der Waals surface area contributed by atoms with Crippen molar-refractivity contribution in [3.05, 3.63) is 11.7 Å². The molecule has 19 heavy (non-hydrogen) atoms. The highest BCUT2D eigenvalue weighted by Gasteiger charge is 2.21. The molecule has 1 aromatic rings. The lowest BCUT2D eigenvalue weighted by Gasteiger charge is -2.30. The van der Waals surface area contributed by atoms with Crippen LogP contribution >= 0.6 is 0 Å². The van der Waals surface area contributed by atoms with Gasteiger partial charge in [0.15, 0.2) is 5.82 Å². The Balaban J connectivity index is 1.66. The van der Waals surface area contributed by atoms with Crippen molar-refractivity contribution < 1.29 is 19.2 Å². The summed E-state index contributed by atoms with van der Waals surface area (Å²) in [6.07, 6.45) is 2.07. The minimum atomic E-state index is -0.815. The number of hydrogen-bond acceptors (Lipinski definition) is 6. The molecular formula is C12H19N3O4. The van der Waals surface area contributed by atoms with E-state index in [2.05, 4.69) is 15.0 Å². The lowest BCUT2D eigenvalue weighted by Crippen LogP contribution is -2.37. The molecule has 0 spiro atoms. The first-order chi connectivity index (χ1) is 9.13. The van der Waals surface area contributed by atoms with Crippen molar-refractivity contribution in [1.29, 1.82) is 0 Å². The van der Waals surface area contributed by atoms with Crippen LogP contribution in [0.4, 0.5) is 0 Å². The molecule has 0 aromatic carbocycles. The highest BCUT2D eigenvalue weighted by Crippen LogP contribution is 2.15. The number of ether oxygens (including phenoxy) is 1. The summed E-state index contributed by atoms with van der Waals surface area (Å²) in [5.41, 5.74) is 0. The van der Waals surface area contributed by atoms with Crippen LogP contribution in [-0.2, 0) is 16.1 Å². The fraction of sp³-hybridized carbons (Fsp3) is 0.750. The van der Waals surface area contributed by atoms with Crippen LogP contribution in [0.25, 0.3) is 0 Å². The molecule has 1 N–H and O–H groups in total. The molecule has 1 saturated heterocycles. The molecule has 0 atom stereocenters. The molecule has 106 valence electrons. The molecule has 0 radical (unpaired) electrons. The number of aryl methyl sites for hydroxylation is 1. The van der Waals surface area contributed by atoms with Crippen LogP contribution in [0.3, 0.4) is 0 Å². The molecule has 0 saturated carbocycles. The van der Waals surface area contributed by atoms with Crippen molar-refractivity contribution in [3.63, 3.8) is 0 Å². The molecule has 0 amide bonds. The van der Waals surface area contributed by atoms with Crippen LogP contribution in [0.2, 0.25) is 0 Å². The van der Waals surface area contributed by atoms with Gasteiger partial charge in [0.25, 0.3) is 0 Å². The van der Waals surface area contributed by atoms with Gasteiger partial charge in [-0.25, -0.2) is 0 Å². The fourth-order valence-electron chi connectivity index (χ4n) is 2.15. The molecule has 1 aliphatic rings. The Hall–Kier alpha value is -1.47. The second kappa shape index (κ2) is 6.63. The smallest absolute Gasteiger partial charge is 0.305 e. The van der Waals surface area contributed by atoms with Crippen molar-refractivity contribution in [2.45, 2.75) is 38.8 Å². The summed E-state index contributed by atoms with van der Waals surface area (Å²) in [4.78, 5) is 16.8. The molecule has 0 bridgehead atoms. The highest BCUT2D eigenvalue weighted by molar-refractivity contribution is 5.66. The molecule has 1 fully saturated rings. The number of aliphatic carboxylic acids is 1. The first-order valence-electron chi connectivity index (χ1n) is 6.48. The number of nitrogens with zero attached hydrogens (tertiary/aromatic N) is 3. The number of piperidine rings is 1. The minimum Gasteiger partial charge on any atom is -0.481 e. The van der Waals surface area contributed by atoms with E-state index in [-0.39, 0.29) is 12.5 Å². The molecule has 0 aliphatic carbocycles. The largest absolute Gasteiger partial charge is 0.481 e. The van der Waals surface area contributed by atoms with E-state index >= 15 is 0 Å². The predicted molar refractivity (Wildman–Crippen MR) is 65.5 cm³/mol. The van der Waals surface area contributed by atoms with E-state index in [9.17, 15) is 4.79 Å². The van der Waals surface area contributed by atoms with Gasteiger partial charge in [0.05, 0.1) is 25.7 Å². The number of aromatic nitrogens is 2. The monoisotopic (exact) mass is 269 g/mol. The van der Waals surface area contributed by atoms with Crippen molar-refractivity contribution >= 4 is 5.97 Å². The zero-order valence-electron chi connectivity index (χ0n) is 11.0. The number of hydrogen-bond donors (Lipinski definition) is 1. The first kappa shape index (κ1) is 14.0. The van der Waals surface area contributed by atoms with Gasteiger partial charge < -0.3 is 14.4 Å². The van der Waals surface area contributed by atoms with E-state index in [0.717, 1.165) is 25.9 Å². The maximum absolute atomic E-state index is 10.4. The Bertz CT molecular complexity index is 413. The molecule has 7 heteroatoms. The van der Waals surface area contributed by atoms with E-state index in [1.54, 1.807) is 6.92 Å². The Morgan fingerprint density at radius 3 is 2.84 bits per heavy atom. The highest BCUT2D eigenvalue weighted by atomic mass is 16.5. The molecule has 1 aliphatic heterocycles. The number of carboxylic acids is 1. The van der Waals surface area contributed by atoms with Gasteiger partial charge in [0.1, 0.15) is 0 Å². The summed E-state index contributed by atoms with van der Waals surface area (Å²) in [6.45, 7) is 4.58. The molecule has 2 heterocycles. The summed E-state index contributed by atoms with van der Waals surface area (Å²) in [5, 5.41) is 12.4. The lowest BCUT2D eigenvalue weighted by molar-refractivity contribution is -0.138. The van der Waals surface area contributed by atoms with Gasteiger partial charge >= 0.3 is 5.97 Å². The topological polar surface area (TPSA) is 88.7 Å². The maximum Gasteiger partial charge on any atom is 0.305 e. The predicted octanol–water partition coefficient (Wildman–Crippen LogP) is 0.834. The van der Waals surface area contributed by atoms with Gasteiger partial charge in [-0.3, -0.25) is 9.69 Å². The number of likely N-dealkylation sites (tertiary alicyclic amines) is 1. The third-order valence-corrected chi connectivity index (χ3v) is 3.14. The second-order valence-corrected chi connectivity index (χ2v) is 4.72. The second-order valence-electron chi connectivity index (χ2n) is 4.72. The maximum atomic E-state index is 10.4. The normalized spacial score (nSPS) is 17.7. The van der Waals surface area contributed by atoms with Crippen molar-refractivity contribution in [3.8, 4) is 0 Å². The van der Waals surface area contributed by atoms with E-state index in [0.29, 0.717) is 24.9 Å². The van der Waals surface area contributed by atoms with Crippen LogP contribution in [0, 0.1) is 6.92 Å². The molecule has 0 unspecified atom stereocenters. The van der Waals surface area contributed by atoms with Crippen molar-refractivity contribution in [2.24, 2.45) is 0 Å². The lowest BCUT2D eigenvalue weighted by atomic mass is 10.1. The van der Waals surface area contributed by atoms with Crippen molar-refractivity contribution in [2.75, 3.05) is 19.7 Å². The van der Waals surface area contributed by atoms with Gasteiger partial charge in [0.2, 0.25) is 5.89 Å². The summed E-state index contributed by atoms with van der Waals surface area (Å²) < 4.78 is 10.5. The van der Waals surface area contributed by atoms with Crippen LogP contribution in [0.1, 0.15) is 31.0 Å². The van der Waals surface area contributed by atoms with Crippen LogP contribution in [-0.4, -0.2) is 51.9 Å². The van der Waals surface area contributed by atoms with Gasteiger partial charge in [-0.05, 0) is 12.8 Å². The number of rotatable bonds is 6. The Morgan fingerprint density at radius 2 is 2.26 bits per heavy atom. The standard InChI is InChI=1S/C12H19N3O4/c1-9-13-11(14-19-9)8-15-5-2-10(3-6-15)18-7-4-12(16)17/h10H,2-8H2,1H3,(H,16,17). The minimum absolute atomic E-state index is 0.0718. The SMILES string of the molecule is Cc1nc(CN2CCC(OCCC(=O)O)CC2)no1. The van der Waals surface area contributed by atoms with Crippen LogP contribution in [0.15, 0.2) is 4.52 Å². The van der Waals surface area contributed by atoms with E-state index < -0.39 is 5.97 Å². The number of carboxylic acid groups (broad SMARTS) is 1. The van der Waals surface area contributed by atoms with Gasteiger partial charge in [0, 0.05) is 20.0 Å². The van der Waals surface area contributed by atoms with Crippen LogP contribution < -0.4 is 0 Å². The zero-order valence-corrected chi connectivity index (χ0v) is 11.0. The van der Waals surface area contributed by atoms with Gasteiger partial charge in [-0.2, -0.15) is 4.98 Å². The fourth-order valence-corrected chi connectivity index (χ4v) is 2.15. The summed E-state index contributed by atoms with van der Waals surface area (Å²) in [5.74, 6) is 0.481. The molecular weight excluding hydrogens is 250 g/mol. The van der Waals surface area contributed by atoms with E-state index in [4.69, 9.17) is 14.4 Å². The van der Waals surface area contributed by atoms with E-state index in [1.807, 2.05) is 0 Å². The Labute approximate surface area is 111 Å². The molecule has 2 rings (SSSR count). The van der Waals surface area contributed by atoms with Crippen LogP contribution in [0.5, 0.6) is 0 Å². The summed E-state index contributed by atoms with van der Waals surface area (Å²) >= 11 is 0.